The molecule has 5 heteroatoms. The highest BCUT2D eigenvalue weighted by molar-refractivity contribution is 7.67. The fraction of sp³-hybridized carbons (Fsp3) is 0.217. The molecule has 1 N–H and O–H groups in total. The van der Waals surface area contributed by atoms with Gasteiger partial charge in [0.1, 0.15) is 0 Å². The predicted octanol–water partition coefficient (Wildman–Crippen LogP) is 4.87. The van der Waals surface area contributed by atoms with E-state index in [1.165, 1.54) is 0 Å². The molecular formula is C23H26NO3P. The zero-order valence-electron chi connectivity index (χ0n) is 16.4. The monoisotopic (exact) mass is 395 g/mol. The molecule has 0 saturated carbocycles. The van der Waals surface area contributed by atoms with Crippen LogP contribution >= 0.6 is 7.37 Å². The van der Waals surface area contributed by atoms with E-state index in [-0.39, 0.29) is 6.61 Å². The molecule has 0 aliphatic rings. The summed E-state index contributed by atoms with van der Waals surface area (Å²) in [5.41, 5.74) is 3.55. The molecule has 0 heterocycles. The Morgan fingerprint density at radius 1 is 0.929 bits per heavy atom. The third-order valence-corrected chi connectivity index (χ3v) is 7.16. The second kappa shape index (κ2) is 8.74. The van der Waals surface area contributed by atoms with Crippen molar-refractivity contribution in [1.82, 2.24) is 0 Å². The molecule has 0 aliphatic carbocycles. The van der Waals surface area contributed by atoms with Gasteiger partial charge in [-0.1, -0.05) is 60.2 Å². The van der Waals surface area contributed by atoms with Gasteiger partial charge < -0.3 is 14.5 Å². The van der Waals surface area contributed by atoms with Crippen LogP contribution in [0, 0.1) is 6.92 Å². The molecule has 0 spiro atoms. The molecule has 28 heavy (non-hydrogen) atoms. The maximum atomic E-state index is 14.0. The number of aliphatic hydroxyl groups is 1. The van der Waals surface area contributed by atoms with Crippen molar-refractivity contribution >= 4 is 18.4 Å². The molecule has 4 nitrogen and oxygen atoms in total. The van der Waals surface area contributed by atoms with Crippen LogP contribution in [0.3, 0.4) is 0 Å². The quantitative estimate of drug-likeness (QED) is 0.580. The molecule has 3 aromatic rings. The maximum absolute atomic E-state index is 14.0. The Morgan fingerprint density at radius 2 is 1.54 bits per heavy atom. The van der Waals surface area contributed by atoms with Crippen molar-refractivity contribution in [3.8, 4) is 0 Å². The van der Waals surface area contributed by atoms with Crippen LogP contribution < -0.4 is 10.2 Å². The van der Waals surface area contributed by atoms with Gasteiger partial charge >= 0.3 is 0 Å². The summed E-state index contributed by atoms with van der Waals surface area (Å²) in [4.78, 5) is 1.97. The Kier molecular flexibility index (Phi) is 6.35. The molecule has 0 fully saturated rings. The lowest BCUT2D eigenvalue weighted by atomic mass is 10.2. The summed E-state index contributed by atoms with van der Waals surface area (Å²) < 4.78 is 19.9. The Labute approximate surface area is 166 Å². The molecule has 3 rings (SSSR count). The number of rotatable bonds is 7. The van der Waals surface area contributed by atoms with Crippen molar-refractivity contribution in [2.45, 2.75) is 19.4 Å². The zero-order chi connectivity index (χ0) is 20.1. The van der Waals surface area contributed by atoms with Gasteiger partial charge in [-0.15, -0.1) is 0 Å². The largest absolute Gasteiger partial charge is 0.378 e. The van der Waals surface area contributed by atoms with Gasteiger partial charge in [-0.2, -0.15) is 0 Å². The van der Waals surface area contributed by atoms with Crippen LogP contribution in [0.5, 0.6) is 0 Å². The Morgan fingerprint density at radius 3 is 2.11 bits per heavy atom. The predicted molar refractivity (Wildman–Crippen MR) is 115 cm³/mol. The lowest BCUT2D eigenvalue weighted by Gasteiger charge is -2.25. The first-order valence-electron chi connectivity index (χ1n) is 9.21. The van der Waals surface area contributed by atoms with Crippen molar-refractivity contribution in [3.05, 3.63) is 95.6 Å². The summed E-state index contributed by atoms with van der Waals surface area (Å²) in [6, 6.07) is 24.3. The number of hydrogen-bond donors (Lipinski definition) is 1. The van der Waals surface area contributed by atoms with E-state index >= 15 is 0 Å². The SMILES string of the molecule is Cc1ccc([C@@H](O)[P@@](=O)(OCc2ccccc2)c2ccc(N(C)C)cc2)cc1. The smallest absolute Gasteiger partial charge is 0.264 e. The van der Waals surface area contributed by atoms with Crippen molar-refractivity contribution in [1.29, 1.82) is 0 Å². The first-order chi connectivity index (χ1) is 13.4. The Hall–Kier alpha value is -2.39. The highest BCUT2D eigenvalue weighted by atomic mass is 31.2. The molecule has 0 saturated heterocycles. The van der Waals surface area contributed by atoms with E-state index < -0.39 is 13.2 Å². The third-order valence-electron chi connectivity index (χ3n) is 4.69. The summed E-state index contributed by atoms with van der Waals surface area (Å²) in [6.07, 6.45) is 0. The van der Waals surface area contributed by atoms with Crippen molar-refractivity contribution in [2.24, 2.45) is 0 Å². The van der Waals surface area contributed by atoms with Crippen molar-refractivity contribution in [3.63, 3.8) is 0 Å². The number of hydrogen-bond acceptors (Lipinski definition) is 4. The van der Waals surface area contributed by atoms with Crippen LogP contribution in [0.15, 0.2) is 78.9 Å². The highest BCUT2D eigenvalue weighted by Crippen LogP contribution is 2.58. The van der Waals surface area contributed by atoms with E-state index in [9.17, 15) is 9.67 Å². The van der Waals surface area contributed by atoms with Crippen LogP contribution in [0.25, 0.3) is 0 Å². The molecule has 0 radical (unpaired) electrons. The highest BCUT2D eigenvalue weighted by Gasteiger charge is 2.36. The van der Waals surface area contributed by atoms with Gasteiger partial charge in [-0.05, 0) is 42.3 Å². The summed E-state index contributed by atoms with van der Waals surface area (Å²) in [5.74, 6) is -1.23. The van der Waals surface area contributed by atoms with Gasteiger partial charge in [0.05, 0.1) is 6.61 Å². The normalized spacial score (nSPS) is 14.3. The zero-order valence-corrected chi connectivity index (χ0v) is 17.3. The molecule has 0 aliphatic heterocycles. The van der Waals surface area contributed by atoms with Crippen molar-refractivity contribution in [2.75, 3.05) is 19.0 Å². The van der Waals surface area contributed by atoms with Crippen LogP contribution in [0.4, 0.5) is 5.69 Å². The molecular weight excluding hydrogens is 369 g/mol. The second-order valence-electron chi connectivity index (χ2n) is 7.05. The van der Waals surface area contributed by atoms with E-state index in [0.29, 0.717) is 10.9 Å². The molecule has 0 bridgehead atoms. The average Bonchev–Trinajstić information content (AvgIpc) is 2.73. The van der Waals surface area contributed by atoms with Gasteiger partial charge in [0.2, 0.25) is 0 Å². The molecule has 3 aromatic carbocycles. The standard InChI is InChI=1S/C23H26NO3P/c1-18-9-11-20(12-10-18)23(25)28(26,27-17-19-7-5-4-6-8-19)22-15-13-21(14-16-22)24(2)3/h4-16,23,25H,17H2,1-3H3/t23-,28-/m0/s1. The molecule has 0 unspecified atom stereocenters. The van der Waals surface area contributed by atoms with Gasteiger partial charge in [0, 0.05) is 25.1 Å². The topological polar surface area (TPSA) is 49.8 Å². The maximum Gasteiger partial charge on any atom is 0.264 e. The lowest BCUT2D eigenvalue weighted by molar-refractivity contribution is 0.210. The second-order valence-corrected chi connectivity index (χ2v) is 9.51. The van der Waals surface area contributed by atoms with Crippen molar-refractivity contribution < 1.29 is 14.2 Å². The fourth-order valence-corrected chi connectivity index (χ4v) is 4.97. The number of nitrogens with zero attached hydrogens (tertiary/aromatic N) is 1. The molecule has 2 atom stereocenters. The number of benzene rings is 3. The van der Waals surface area contributed by atoms with E-state index in [4.69, 9.17) is 4.52 Å². The minimum atomic E-state index is -3.58. The summed E-state index contributed by atoms with van der Waals surface area (Å²) in [5, 5.41) is 11.5. The van der Waals surface area contributed by atoms with Crippen LogP contribution in [0.2, 0.25) is 0 Å². The molecule has 0 amide bonds. The number of aliphatic hydroxyl groups excluding tert-OH is 1. The van der Waals surface area contributed by atoms with E-state index in [1.54, 1.807) is 24.3 Å². The summed E-state index contributed by atoms with van der Waals surface area (Å²) in [6.45, 7) is 2.14. The van der Waals surface area contributed by atoms with Crippen LogP contribution in [-0.2, 0) is 15.7 Å². The minimum Gasteiger partial charge on any atom is -0.378 e. The minimum absolute atomic E-state index is 0.163. The summed E-state index contributed by atoms with van der Waals surface area (Å²) >= 11 is 0. The number of aryl methyl sites for hydroxylation is 1. The van der Waals surface area contributed by atoms with E-state index in [2.05, 4.69) is 0 Å². The first-order valence-corrected chi connectivity index (χ1v) is 10.9. The fourth-order valence-electron chi connectivity index (χ4n) is 2.92. The van der Waals surface area contributed by atoms with E-state index in [0.717, 1.165) is 16.8 Å². The van der Waals surface area contributed by atoms with Gasteiger partial charge in [-0.3, -0.25) is 4.57 Å². The average molecular weight is 395 g/mol. The molecule has 146 valence electrons. The van der Waals surface area contributed by atoms with Crippen LogP contribution in [0.1, 0.15) is 22.5 Å². The van der Waals surface area contributed by atoms with Crippen LogP contribution in [-0.4, -0.2) is 19.2 Å². The van der Waals surface area contributed by atoms with Gasteiger partial charge in [0.25, 0.3) is 7.37 Å². The lowest BCUT2D eigenvalue weighted by Crippen LogP contribution is -2.16. The van der Waals surface area contributed by atoms with E-state index in [1.807, 2.05) is 80.5 Å². The van der Waals surface area contributed by atoms with Gasteiger partial charge in [0.15, 0.2) is 5.85 Å². The number of anilines is 1. The third kappa shape index (κ3) is 4.53. The van der Waals surface area contributed by atoms with Gasteiger partial charge in [-0.25, -0.2) is 0 Å². The first kappa shape index (κ1) is 20.3. The molecule has 0 aromatic heterocycles. The Balaban J connectivity index is 1.96. The Bertz CT molecular complexity index is 938. The summed E-state index contributed by atoms with van der Waals surface area (Å²) in [7, 11) is 0.314.